The fourth-order valence-corrected chi connectivity index (χ4v) is 2.79. The molecule has 3 rings (SSSR count). The third kappa shape index (κ3) is 1.70. The molecule has 3 fully saturated rings. The lowest BCUT2D eigenvalue weighted by Gasteiger charge is -2.37. The Bertz CT molecular complexity index is 322. The Hall–Kier alpha value is -1.06. The largest absolute Gasteiger partial charge is 0.324 e. The molecule has 0 radical (unpaired) electrons. The van der Waals surface area contributed by atoms with Crippen molar-refractivity contribution in [2.24, 2.45) is 17.8 Å². The Morgan fingerprint density at radius 1 is 1.19 bits per heavy atom. The van der Waals surface area contributed by atoms with Crippen molar-refractivity contribution in [1.29, 1.82) is 0 Å². The molecule has 0 bridgehead atoms. The molecule has 88 valence electrons. The predicted octanol–water partition coefficient (Wildman–Crippen LogP) is 1.36. The molecule has 1 atom stereocenters. The summed E-state index contributed by atoms with van der Waals surface area (Å²) in [6, 6.07) is 0.252. The van der Waals surface area contributed by atoms with Crippen molar-refractivity contribution < 1.29 is 9.59 Å². The molecule has 2 aliphatic carbocycles. The van der Waals surface area contributed by atoms with Gasteiger partial charge >= 0.3 is 6.03 Å². The molecular formula is C12H18N2O2. The molecule has 1 heterocycles. The molecule has 0 aromatic rings. The molecule has 2 saturated carbocycles. The Morgan fingerprint density at radius 3 is 2.25 bits per heavy atom. The summed E-state index contributed by atoms with van der Waals surface area (Å²) in [5.74, 6) is 1.24. The zero-order chi connectivity index (χ0) is 11.3. The molecule has 0 aromatic carbocycles. The molecule has 1 aliphatic heterocycles. The molecule has 3 aliphatic rings. The minimum atomic E-state index is -0.160. The third-order valence-electron chi connectivity index (χ3n) is 3.98. The van der Waals surface area contributed by atoms with Gasteiger partial charge in [0.15, 0.2) is 0 Å². The second kappa shape index (κ2) is 3.47. The molecular weight excluding hydrogens is 204 g/mol. The number of carbonyl (C=O) groups is 2. The summed E-state index contributed by atoms with van der Waals surface area (Å²) >= 11 is 0. The van der Waals surface area contributed by atoms with Crippen LogP contribution >= 0.6 is 0 Å². The third-order valence-corrected chi connectivity index (χ3v) is 3.98. The van der Waals surface area contributed by atoms with Crippen LogP contribution in [-0.4, -0.2) is 29.4 Å². The summed E-state index contributed by atoms with van der Waals surface area (Å²) in [5, 5.41) is 2.47. The van der Waals surface area contributed by atoms with Crippen molar-refractivity contribution in [3.63, 3.8) is 0 Å². The monoisotopic (exact) mass is 222 g/mol. The summed E-state index contributed by atoms with van der Waals surface area (Å²) in [5.41, 5.74) is 0. The van der Waals surface area contributed by atoms with Crippen molar-refractivity contribution in [2.75, 3.05) is 6.54 Å². The average molecular weight is 222 g/mol. The van der Waals surface area contributed by atoms with Crippen LogP contribution in [-0.2, 0) is 4.79 Å². The zero-order valence-corrected chi connectivity index (χ0v) is 9.61. The highest BCUT2D eigenvalue weighted by Crippen LogP contribution is 2.47. The Morgan fingerprint density at radius 2 is 1.75 bits per heavy atom. The minimum Gasteiger partial charge on any atom is -0.320 e. The van der Waals surface area contributed by atoms with Crippen LogP contribution in [0.1, 0.15) is 32.6 Å². The number of rotatable bonds is 3. The lowest BCUT2D eigenvalue weighted by atomic mass is 10.0. The van der Waals surface area contributed by atoms with E-state index < -0.39 is 0 Å². The molecule has 0 aromatic heterocycles. The van der Waals surface area contributed by atoms with Gasteiger partial charge in [-0.3, -0.25) is 10.1 Å². The standard InChI is InChI=1S/C12H18N2O2/c1-7-6-14(12(16)13-11(7)15)10(8-2-3-8)9-4-5-9/h7-10H,2-6H2,1H3,(H,13,15,16). The van der Waals surface area contributed by atoms with Gasteiger partial charge in [-0.2, -0.15) is 0 Å². The first-order valence-electron chi connectivity index (χ1n) is 6.28. The molecule has 1 N–H and O–H groups in total. The van der Waals surface area contributed by atoms with Gasteiger partial charge in [0.1, 0.15) is 0 Å². The Balaban J connectivity index is 1.76. The van der Waals surface area contributed by atoms with E-state index in [1.807, 2.05) is 11.8 Å². The number of nitrogens with one attached hydrogen (secondary N) is 1. The lowest BCUT2D eigenvalue weighted by molar-refractivity contribution is -0.125. The van der Waals surface area contributed by atoms with E-state index in [-0.39, 0.29) is 17.9 Å². The molecule has 3 amide bonds. The Kier molecular flexibility index (Phi) is 2.19. The van der Waals surface area contributed by atoms with Gasteiger partial charge in [-0.15, -0.1) is 0 Å². The van der Waals surface area contributed by atoms with E-state index in [9.17, 15) is 9.59 Å². The van der Waals surface area contributed by atoms with Crippen LogP contribution < -0.4 is 5.32 Å². The van der Waals surface area contributed by atoms with Crippen LogP contribution in [0.3, 0.4) is 0 Å². The highest BCUT2D eigenvalue weighted by molar-refractivity contribution is 5.98. The fourth-order valence-electron chi connectivity index (χ4n) is 2.79. The number of imide groups is 1. The SMILES string of the molecule is CC1CN(C(C2CC2)C2CC2)C(=O)NC1=O. The number of carbonyl (C=O) groups excluding carboxylic acids is 2. The summed E-state index contributed by atoms with van der Waals surface area (Å²) < 4.78 is 0. The zero-order valence-electron chi connectivity index (χ0n) is 9.61. The summed E-state index contributed by atoms with van der Waals surface area (Å²) in [4.78, 5) is 25.2. The number of hydrogen-bond donors (Lipinski definition) is 1. The van der Waals surface area contributed by atoms with E-state index in [4.69, 9.17) is 0 Å². The van der Waals surface area contributed by atoms with Crippen LogP contribution in [0.25, 0.3) is 0 Å². The van der Waals surface area contributed by atoms with Crippen molar-refractivity contribution >= 4 is 11.9 Å². The van der Waals surface area contributed by atoms with Crippen molar-refractivity contribution in [3.8, 4) is 0 Å². The van der Waals surface area contributed by atoms with Gasteiger partial charge in [0.25, 0.3) is 0 Å². The Labute approximate surface area is 95.4 Å². The van der Waals surface area contributed by atoms with Crippen molar-refractivity contribution in [3.05, 3.63) is 0 Å². The summed E-state index contributed by atoms with van der Waals surface area (Å²) in [6.07, 6.45) is 5.03. The van der Waals surface area contributed by atoms with Crippen molar-refractivity contribution in [1.82, 2.24) is 10.2 Å². The van der Waals surface area contributed by atoms with Gasteiger partial charge in [-0.05, 0) is 37.5 Å². The van der Waals surface area contributed by atoms with Gasteiger partial charge < -0.3 is 4.90 Å². The maximum absolute atomic E-state index is 11.9. The van der Waals surface area contributed by atoms with Crippen LogP contribution in [0.4, 0.5) is 4.79 Å². The average Bonchev–Trinajstić information content (AvgIpc) is 3.08. The molecule has 0 spiro atoms. The van der Waals surface area contributed by atoms with Crippen LogP contribution in [0.2, 0.25) is 0 Å². The maximum Gasteiger partial charge on any atom is 0.324 e. The number of nitrogens with zero attached hydrogens (tertiary/aromatic N) is 1. The first-order valence-corrected chi connectivity index (χ1v) is 6.28. The quantitative estimate of drug-likeness (QED) is 0.784. The van der Waals surface area contributed by atoms with E-state index in [0.29, 0.717) is 24.4 Å². The van der Waals surface area contributed by atoms with E-state index in [1.165, 1.54) is 25.7 Å². The summed E-state index contributed by atoms with van der Waals surface area (Å²) in [7, 11) is 0. The minimum absolute atomic E-state index is 0.0577. The number of urea groups is 1. The highest BCUT2D eigenvalue weighted by atomic mass is 16.2. The first-order chi connectivity index (χ1) is 7.66. The predicted molar refractivity (Wildman–Crippen MR) is 58.6 cm³/mol. The fraction of sp³-hybridized carbons (Fsp3) is 0.833. The summed E-state index contributed by atoms with van der Waals surface area (Å²) in [6.45, 7) is 2.51. The van der Waals surface area contributed by atoms with Gasteiger partial charge in [-0.1, -0.05) is 6.92 Å². The normalized spacial score (nSPS) is 30.9. The second-order valence-corrected chi connectivity index (χ2v) is 5.51. The molecule has 4 nitrogen and oxygen atoms in total. The van der Waals surface area contributed by atoms with Gasteiger partial charge in [0.2, 0.25) is 5.91 Å². The highest BCUT2D eigenvalue weighted by Gasteiger charge is 2.48. The molecule has 4 heteroatoms. The van der Waals surface area contributed by atoms with Crippen LogP contribution in [0, 0.1) is 17.8 Å². The molecule has 16 heavy (non-hydrogen) atoms. The molecule has 1 saturated heterocycles. The second-order valence-electron chi connectivity index (χ2n) is 5.51. The van der Waals surface area contributed by atoms with Gasteiger partial charge in [0.05, 0.1) is 5.92 Å². The van der Waals surface area contributed by atoms with Crippen LogP contribution in [0.15, 0.2) is 0 Å². The van der Waals surface area contributed by atoms with Crippen LogP contribution in [0.5, 0.6) is 0 Å². The maximum atomic E-state index is 11.9. The smallest absolute Gasteiger partial charge is 0.320 e. The molecule has 1 unspecified atom stereocenters. The van der Waals surface area contributed by atoms with Crippen molar-refractivity contribution in [2.45, 2.75) is 38.6 Å². The number of amides is 3. The van der Waals surface area contributed by atoms with Gasteiger partial charge in [-0.25, -0.2) is 4.79 Å². The van der Waals surface area contributed by atoms with Gasteiger partial charge in [0, 0.05) is 12.6 Å². The first kappa shape index (κ1) is 10.1. The van der Waals surface area contributed by atoms with E-state index >= 15 is 0 Å². The van der Waals surface area contributed by atoms with E-state index in [1.54, 1.807) is 0 Å². The van der Waals surface area contributed by atoms with E-state index in [2.05, 4.69) is 5.32 Å². The van der Waals surface area contributed by atoms with E-state index in [0.717, 1.165) is 0 Å². The topological polar surface area (TPSA) is 49.4 Å². The number of hydrogen-bond acceptors (Lipinski definition) is 2. The lowest BCUT2D eigenvalue weighted by Crippen LogP contribution is -2.58.